The zero-order chi connectivity index (χ0) is 53.9. The first kappa shape index (κ1) is 58.8. The van der Waals surface area contributed by atoms with Gasteiger partial charge in [0, 0.05) is 69.2 Å². The van der Waals surface area contributed by atoms with Crippen molar-refractivity contribution < 1.29 is 72.7 Å². The first-order valence-corrected chi connectivity index (χ1v) is 26.0. The summed E-state index contributed by atoms with van der Waals surface area (Å²) in [6, 6.07) is 3.64. The number of esters is 1. The second kappa shape index (κ2) is 24.3. The van der Waals surface area contributed by atoms with Crippen LogP contribution in [0.5, 0.6) is 5.75 Å². The second-order valence-electron chi connectivity index (χ2n) is 22.2. The van der Waals surface area contributed by atoms with Gasteiger partial charge in [0.1, 0.15) is 30.0 Å². The lowest BCUT2D eigenvalue weighted by atomic mass is 9.77. The minimum absolute atomic E-state index is 0.0906. The van der Waals surface area contributed by atoms with E-state index in [0.29, 0.717) is 50.2 Å². The van der Waals surface area contributed by atoms with E-state index in [9.17, 15) is 34.7 Å². The fourth-order valence-electron chi connectivity index (χ4n) is 11.4. The van der Waals surface area contributed by atoms with Crippen molar-refractivity contribution in [3.8, 4) is 5.75 Å². The van der Waals surface area contributed by atoms with Crippen LogP contribution in [-0.2, 0) is 51.0 Å². The summed E-state index contributed by atoms with van der Waals surface area (Å²) in [5.41, 5.74) is -2.61. The number of aliphatic hydroxyl groups is 5. The molecule has 2 aromatic rings. The van der Waals surface area contributed by atoms with Crippen LogP contribution in [0.2, 0.25) is 0 Å². The lowest BCUT2D eigenvalue weighted by Gasteiger charge is -2.49. The Kier molecular flexibility index (Phi) is 19.5. The molecule has 1 aromatic heterocycles. The summed E-state index contributed by atoms with van der Waals surface area (Å²) in [4.78, 5) is 24.1. The van der Waals surface area contributed by atoms with Gasteiger partial charge in [0.15, 0.2) is 30.3 Å². The Morgan fingerprint density at radius 3 is 2.36 bits per heavy atom. The van der Waals surface area contributed by atoms with Gasteiger partial charge in [-0.3, -0.25) is 4.79 Å². The number of oxime groups is 1. The zero-order valence-corrected chi connectivity index (χ0v) is 45.4. The number of halogens is 1. The highest BCUT2D eigenvalue weighted by atomic mass is 19.1. The molecule has 1 aromatic carbocycles. The van der Waals surface area contributed by atoms with E-state index < -0.39 is 108 Å². The van der Waals surface area contributed by atoms with Gasteiger partial charge in [-0.2, -0.15) is 0 Å². The molecule has 4 aliphatic heterocycles. The summed E-state index contributed by atoms with van der Waals surface area (Å²) in [6.07, 6.45) is -6.80. The Labute approximate surface area is 430 Å². The number of hydrogen-bond acceptors (Lipinski definition) is 19. The summed E-state index contributed by atoms with van der Waals surface area (Å²) in [5, 5.41) is 72.6. The van der Waals surface area contributed by atoms with E-state index in [1.165, 1.54) is 27.2 Å². The summed E-state index contributed by atoms with van der Waals surface area (Å²) < 4.78 is 59.4. The third-order valence-electron chi connectivity index (χ3n) is 16.0. The minimum Gasteiger partial charge on any atom is -0.494 e. The molecule has 3 fully saturated rings. The first-order valence-electron chi connectivity index (χ1n) is 26.0. The number of benzene rings is 1. The van der Waals surface area contributed by atoms with Crippen molar-refractivity contribution in [1.29, 1.82) is 0 Å². The van der Waals surface area contributed by atoms with Crippen molar-refractivity contribution in [3.05, 3.63) is 41.5 Å². The molecule has 0 bridgehead atoms. The predicted octanol–water partition coefficient (Wildman–Crippen LogP) is 3.45. The maximum absolute atomic E-state index is 14.5. The number of likely N-dealkylation sites (N-methyl/N-ethyl adjacent to an activating group) is 2. The number of rotatable bonds is 14. The molecular formula is C52H85FN6O14. The standard InChI is InChI=1S/C52H85FN6O14/c1-15-41-52(10,65)45(61)32(6)58(12)25-28(2)23-50(8,64)47(30(4)44(31(5)48(63)70-41)71-42-24-51(9,67-14)46(62)33(7)69-42)72-49-43(60)39(20-29(3)68-49)57(11)19-18-35-26-59(56-54-35)27-36-22-38(55-73-36)34-16-17-40(66-13)37(53)21-34/h16-17,21,26,28-33,36,39,41-47,49,60-62,64-65H,15,18-20,22-25,27H2,1-14H3/t28-,29-,30+,31-,32-,33+,36?,39+,41-,42+,43-,44+,45-,46+,47-,49+,50-,51-,52-/m1/s1. The SMILES string of the molecule is CC[C@H]1OC(=O)[C@H](C)[C@@H](O[C@H]2C[C@@](C)(OC)[C@@H](O)[C@H](C)O2)[C@H](C)[C@@H](O[C@@H]2O[C@H](C)C[C@H](N(C)CCc3cn(CC4CC(c5ccc(OC)c(F)c5)=NO4)nn3)[C@H]2O)[C@](C)(O)C[C@@H](C)CN(C)[C@H](C)[C@@H](O)[C@]1(C)O. The van der Waals surface area contributed by atoms with Crippen LogP contribution in [0.1, 0.15) is 113 Å². The molecule has 1 unspecified atom stereocenters. The van der Waals surface area contributed by atoms with E-state index in [0.717, 1.165) is 5.69 Å². The second-order valence-corrected chi connectivity index (χ2v) is 22.2. The summed E-state index contributed by atoms with van der Waals surface area (Å²) >= 11 is 0. The van der Waals surface area contributed by atoms with Crippen molar-refractivity contribution in [3.63, 3.8) is 0 Å². The molecule has 0 spiro atoms. The lowest BCUT2D eigenvalue weighted by molar-refractivity contribution is -0.318. The molecule has 0 radical (unpaired) electrons. The number of hydrogen-bond donors (Lipinski definition) is 5. The van der Waals surface area contributed by atoms with Crippen LogP contribution in [0.25, 0.3) is 0 Å². The van der Waals surface area contributed by atoms with E-state index in [-0.39, 0.29) is 43.1 Å². The number of aromatic nitrogens is 3. The first-order chi connectivity index (χ1) is 34.2. The maximum Gasteiger partial charge on any atom is 0.311 e. The van der Waals surface area contributed by atoms with Crippen LogP contribution < -0.4 is 4.74 Å². The monoisotopic (exact) mass is 1040 g/mol. The molecule has 3 saturated heterocycles. The summed E-state index contributed by atoms with van der Waals surface area (Å²) in [6.45, 7) is 18.7. The number of carbonyl (C=O) groups is 1. The normalized spacial score (nSPS) is 40.6. The van der Waals surface area contributed by atoms with Crippen LogP contribution >= 0.6 is 0 Å². The van der Waals surface area contributed by atoms with E-state index in [4.69, 9.17) is 38.0 Å². The third-order valence-corrected chi connectivity index (χ3v) is 16.0. The number of aliphatic hydroxyl groups excluding tert-OH is 3. The van der Waals surface area contributed by atoms with Gasteiger partial charge < -0.3 is 73.3 Å². The van der Waals surface area contributed by atoms with Gasteiger partial charge in [-0.15, -0.1) is 5.10 Å². The van der Waals surface area contributed by atoms with Crippen LogP contribution in [-0.4, -0.2) is 200 Å². The summed E-state index contributed by atoms with van der Waals surface area (Å²) in [7, 11) is 6.65. The van der Waals surface area contributed by atoms with E-state index in [2.05, 4.69) is 15.5 Å². The number of carbonyl (C=O) groups excluding carboxylic acids is 1. The summed E-state index contributed by atoms with van der Waals surface area (Å²) in [5.74, 6) is -3.17. The van der Waals surface area contributed by atoms with Crippen molar-refractivity contribution in [2.24, 2.45) is 22.9 Å². The molecule has 0 saturated carbocycles. The molecule has 5 heterocycles. The van der Waals surface area contributed by atoms with Gasteiger partial charge in [-0.25, -0.2) is 9.07 Å². The molecule has 20 nitrogen and oxygen atoms in total. The largest absolute Gasteiger partial charge is 0.494 e. The van der Waals surface area contributed by atoms with Crippen LogP contribution in [0, 0.1) is 23.6 Å². The zero-order valence-electron chi connectivity index (χ0n) is 45.4. The maximum atomic E-state index is 14.5. The third kappa shape index (κ3) is 13.6. The molecule has 4 aliphatic rings. The number of methoxy groups -OCH3 is 2. The Balaban J connectivity index is 1.22. The highest BCUT2D eigenvalue weighted by Crippen LogP contribution is 2.40. The number of ether oxygens (including phenoxy) is 7. The smallest absolute Gasteiger partial charge is 0.311 e. The van der Waals surface area contributed by atoms with E-state index >= 15 is 0 Å². The van der Waals surface area contributed by atoms with Gasteiger partial charge in [0.2, 0.25) is 0 Å². The van der Waals surface area contributed by atoms with E-state index in [1.807, 2.05) is 43.9 Å². The van der Waals surface area contributed by atoms with Crippen LogP contribution in [0.4, 0.5) is 4.39 Å². The average molecular weight is 1040 g/mol. The predicted molar refractivity (Wildman–Crippen MR) is 266 cm³/mol. The van der Waals surface area contributed by atoms with Crippen molar-refractivity contribution in [2.75, 3.05) is 41.4 Å². The highest BCUT2D eigenvalue weighted by Gasteiger charge is 2.53. The number of nitrogens with zero attached hydrogens (tertiary/aromatic N) is 6. The molecule has 0 amide bonds. The Morgan fingerprint density at radius 1 is 0.986 bits per heavy atom. The molecule has 414 valence electrons. The van der Waals surface area contributed by atoms with Gasteiger partial charge in [-0.05, 0) is 106 Å². The quantitative estimate of drug-likeness (QED) is 0.170. The minimum atomic E-state index is -1.85. The fourth-order valence-corrected chi connectivity index (χ4v) is 11.4. The Morgan fingerprint density at radius 2 is 1.70 bits per heavy atom. The average Bonchev–Trinajstić information content (AvgIpc) is 4.01. The van der Waals surface area contributed by atoms with Crippen molar-refractivity contribution in [2.45, 2.75) is 211 Å². The molecule has 5 N–H and O–H groups in total. The van der Waals surface area contributed by atoms with Gasteiger partial charge >= 0.3 is 5.97 Å². The topological polar surface area (TPSA) is 242 Å². The van der Waals surface area contributed by atoms with Crippen LogP contribution in [0.15, 0.2) is 29.6 Å². The van der Waals surface area contributed by atoms with Crippen LogP contribution in [0.3, 0.4) is 0 Å². The lowest BCUT2D eigenvalue weighted by Crippen LogP contribution is -2.61. The number of cyclic esters (lactones) is 1. The molecule has 6 rings (SSSR count). The molecule has 21 heteroatoms. The Bertz CT molecular complexity index is 2150. The van der Waals surface area contributed by atoms with Crippen molar-refractivity contribution >= 4 is 11.7 Å². The molecular weight excluding hydrogens is 952 g/mol. The molecule has 19 atom stereocenters. The Hall–Kier alpha value is -3.45. The van der Waals surface area contributed by atoms with Gasteiger partial charge in [0.05, 0.1) is 66.6 Å². The van der Waals surface area contributed by atoms with E-state index in [1.54, 1.807) is 65.3 Å². The highest BCUT2D eigenvalue weighted by molar-refractivity contribution is 6.01. The van der Waals surface area contributed by atoms with Crippen molar-refractivity contribution in [1.82, 2.24) is 24.8 Å². The molecule has 0 aliphatic carbocycles. The molecule has 73 heavy (non-hydrogen) atoms. The fraction of sp³-hybridized carbons (Fsp3) is 0.808. The van der Waals surface area contributed by atoms with Gasteiger partial charge in [0.25, 0.3) is 0 Å². The van der Waals surface area contributed by atoms with Gasteiger partial charge in [-0.1, -0.05) is 31.1 Å².